The van der Waals surface area contributed by atoms with Gasteiger partial charge in [-0.1, -0.05) is 16.1 Å². The molecule has 162 valence electrons. The minimum Gasteiger partial charge on any atom is -0.455 e. The number of aryl methyl sites for hydroxylation is 1. The fourth-order valence-corrected chi connectivity index (χ4v) is 4.13. The van der Waals surface area contributed by atoms with Gasteiger partial charge in [-0.05, 0) is 61.0 Å². The summed E-state index contributed by atoms with van der Waals surface area (Å²) < 4.78 is 31.5. The number of benzene rings is 2. The molecule has 0 atom stereocenters. The summed E-state index contributed by atoms with van der Waals surface area (Å²) in [5.74, 6) is 0.723. The molecule has 0 unspecified atom stereocenters. The summed E-state index contributed by atoms with van der Waals surface area (Å²) in [5.41, 5.74) is 1.44. The Balaban J connectivity index is 1.80. The molecule has 3 rings (SSSR count). The number of carbonyl (C=O) groups excluding carboxylic acids is 1. The third kappa shape index (κ3) is 5.20. The van der Waals surface area contributed by atoms with Gasteiger partial charge < -0.3 is 10.1 Å². The van der Waals surface area contributed by atoms with E-state index < -0.39 is 15.9 Å². The van der Waals surface area contributed by atoms with E-state index >= 15 is 0 Å². The molecule has 0 spiro atoms. The van der Waals surface area contributed by atoms with Crippen molar-refractivity contribution in [3.05, 3.63) is 77.1 Å². The first-order chi connectivity index (χ1) is 14.7. The Morgan fingerprint density at radius 1 is 1.16 bits per heavy atom. The number of hydrogen-bond acceptors (Lipinski definition) is 6. The van der Waals surface area contributed by atoms with Crippen molar-refractivity contribution in [2.75, 3.05) is 19.5 Å². The highest BCUT2D eigenvalue weighted by atomic mass is 35.5. The molecular formula is C21H20ClN3O5S. The van der Waals surface area contributed by atoms with Gasteiger partial charge in [0.15, 0.2) is 0 Å². The number of halogens is 1. The molecule has 3 aromatic rings. The molecule has 10 heteroatoms. The lowest BCUT2D eigenvalue weighted by molar-refractivity contribution is -0.0258. The Kier molecular flexibility index (Phi) is 6.91. The van der Waals surface area contributed by atoms with Crippen LogP contribution < -0.4 is 10.1 Å². The van der Waals surface area contributed by atoms with Crippen molar-refractivity contribution in [1.29, 1.82) is 0 Å². The first-order valence-electron chi connectivity index (χ1n) is 9.05. The number of amides is 1. The first-order valence-corrected chi connectivity index (χ1v) is 10.9. The van der Waals surface area contributed by atoms with Crippen LogP contribution in [-0.2, 0) is 14.9 Å². The van der Waals surface area contributed by atoms with Gasteiger partial charge in [0.05, 0.1) is 18.3 Å². The highest BCUT2D eigenvalue weighted by molar-refractivity contribution is 7.89. The topological polar surface area (TPSA) is 97.8 Å². The van der Waals surface area contributed by atoms with Crippen LogP contribution in [0.25, 0.3) is 0 Å². The summed E-state index contributed by atoms with van der Waals surface area (Å²) in [6, 6.07) is 12.7. The van der Waals surface area contributed by atoms with E-state index in [0.717, 1.165) is 5.56 Å². The molecule has 1 aromatic heterocycles. The molecule has 1 heterocycles. The molecule has 1 amide bonds. The van der Waals surface area contributed by atoms with E-state index in [-0.39, 0.29) is 15.5 Å². The number of pyridine rings is 1. The molecule has 31 heavy (non-hydrogen) atoms. The molecule has 0 radical (unpaired) electrons. The Morgan fingerprint density at radius 2 is 1.94 bits per heavy atom. The van der Waals surface area contributed by atoms with E-state index in [4.69, 9.17) is 21.2 Å². The third-order valence-electron chi connectivity index (χ3n) is 4.36. The van der Waals surface area contributed by atoms with Gasteiger partial charge in [-0.2, -0.15) is 0 Å². The monoisotopic (exact) mass is 461 g/mol. The lowest BCUT2D eigenvalue weighted by atomic mass is 10.1. The summed E-state index contributed by atoms with van der Waals surface area (Å²) >= 11 is 6.04. The van der Waals surface area contributed by atoms with Crippen molar-refractivity contribution in [2.45, 2.75) is 11.8 Å². The van der Waals surface area contributed by atoms with E-state index in [0.29, 0.717) is 21.7 Å². The maximum Gasteiger partial charge on any atom is 0.266 e. The predicted octanol–water partition coefficient (Wildman–Crippen LogP) is 4.27. The molecule has 1 N–H and O–H groups in total. The maximum absolute atomic E-state index is 12.7. The third-order valence-corrected chi connectivity index (χ3v) is 6.52. The number of aromatic nitrogens is 1. The normalized spacial score (nSPS) is 11.4. The average molecular weight is 462 g/mol. The van der Waals surface area contributed by atoms with Crippen LogP contribution in [0.4, 0.5) is 5.69 Å². The van der Waals surface area contributed by atoms with Gasteiger partial charge in [0, 0.05) is 24.5 Å². The number of nitrogens with zero attached hydrogens (tertiary/aromatic N) is 2. The Bertz CT molecular complexity index is 1200. The zero-order valence-electron chi connectivity index (χ0n) is 17.0. The van der Waals surface area contributed by atoms with Crippen LogP contribution in [-0.4, -0.2) is 37.9 Å². The zero-order chi connectivity index (χ0) is 22.6. The molecule has 0 saturated carbocycles. The fourth-order valence-electron chi connectivity index (χ4n) is 2.66. The quantitative estimate of drug-likeness (QED) is 0.527. The molecular weight excluding hydrogens is 442 g/mol. The zero-order valence-corrected chi connectivity index (χ0v) is 18.6. The van der Waals surface area contributed by atoms with Crippen molar-refractivity contribution in [3.8, 4) is 11.5 Å². The molecule has 0 aliphatic heterocycles. The smallest absolute Gasteiger partial charge is 0.266 e. The van der Waals surface area contributed by atoms with Gasteiger partial charge in [-0.25, -0.2) is 8.42 Å². The minimum atomic E-state index is -4.01. The standard InChI is InChI=1S/C21H20ClN3O5S/c1-14-11-16(7-9-19(14)30-17-5-4-10-23-13-17)24-21(26)15-6-8-18(22)20(12-15)31(27,28)25(2)29-3/h4-13H,1-3H3,(H,24,26). The summed E-state index contributed by atoms with van der Waals surface area (Å²) in [5, 5.41) is 2.72. The average Bonchev–Trinajstić information content (AvgIpc) is 2.75. The van der Waals surface area contributed by atoms with Crippen molar-refractivity contribution in [1.82, 2.24) is 9.45 Å². The molecule has 0 aliphatic rings. The number of anilines is 1. The number of carbonyl (C=O) groups is 1. The van der Waals surface area contributed by atoms with E-state index in [2.05, 4.69) is 10.3 Å². The van der Waals surface area contributed by atoms with Crippen LogP contribution >= 0.6 is 11.6 Å². The number of ether oxygens (including phenoxy) is 1. The SMILES string of the molecule is CON(C)S(=O)(=O)c1cc(C(=O)Nc2ccc(Oc3cccnc3)c(C)c2)ccc1Cl. The lowest BCUT2D eigenvalue weighted by Crippen LogP contribution is -2.26. The van der Waals surface area contributed by atoms with Crippen LogP contribution in [0.1, 0.15) is 15.9 Å². The minimum absolute atomic E-state index is 0.0202. The van der Waals surface area contributed by atoms with Gasteiger partial charge in [0.2, 0.25) is 0 Å². The lowest BCUT2D eigenvalue weighted by Gasteiger charge is -2.16. The van der Waals surface area contributed by atoms with Crippen LogP contribution in [0.2, 0.25) is 5.02 Å². The van der Waals surface area contributed by atoms with E-state index in [9.17, 15) is 13.2 Å². The Morgan fingerprint density at radius 3 is 2.58 bits per heavy atom. The highest BCUT2D eigenvalue weighted by Gasteiger charge is 2.25. The molecule has 0 aliphatic carbocycles. The number of hydrogen-bond donors (Lipinski definition) is 1. The van der Waals surface area contributed by atoms with Gasteiger partial charge >= 0.3 is 0 Å². The van der Waals surface area contributed by atoms with Gasteiger partial charge in [-0.15, -0.1) is 0 Å². The maximum atomic E-state index is 12.7. The van der Waals surface area contributed by atoms with Crippen molar-refractivity contribution in [2.24, 2.45) is 0 Å². The Hall–Kier alpha value is -2.98. The molecule has 0 fully saturated rings. The summed E-state index contributed by atoms with van der Waals surface area (Å²) in [7, 11) is -1.57. The summed E-state index contributed by atoms with van der Waals surface area (Å²) in [4.78, 5) is 21.2. The second-order valence-electron chi connectivity index (χ2n) is 6.47. The van der Waals surface area contributed by atoms with Crippen molar-refractivity contribution >= 4 is 33.2 Å². The largest absolute Gasteiger partial charge is 0.455 e. The summed E-state index contributed by atoms with van der Waals surface area (Å²) in [6.07, 6.45) is 3.25. The fraction of sp³-hybridized carbons (Fsp3) is 0.143. The predicted molar refractivity (Wildman–Crippen MR) is 117 cm³/mol. The van der Waals surface area contributed by atoms with Crippen molar-refractivity contribution < 1.29 is 22.8 Å². The second kappa shape index (κ2) is 9.44. The van der Waals surface area contributed by atoms with Crippen LogP contribution in [0.3, 0.4) is 0 Å². The highest BCUT2D eigenvalue weighted by Crippen LogP contribution is 2.28. The van der Waals surface area contributed by atoms with Crippen LogP contribution in [0, 0.1) is 6.92 Å². The molecule has 8 nitrogen and oxygen atoms in total. The van der Waals surface area contributed by atoms with E-state index in [1.54, 1.807) is 42.7 Å². The molecule has 2 aromatic carbocycles. The van der Waals surface area contributed by atoms with Crippen molar-refractivity contribution in [3.63, 3.8) is 0 Å². The Labute approximate surface area is 185 Å². The number of sulfonamides is 1. The number of nitrogens with one attached hydrogen (secondary N) is 1. The van der Waals surface area contributed by atoms with Crippen LogP contribution in [0.15, 0.2) is 65.8 Å². The van der Waals surface area contributed by atoms with Gasteiger partial charge in [0.25, 0.3) is 15.9 Å². The van der Waals surface area contributed by atoms with Gasteiger partial charge in [0.1, 0.15) is 16.4 Å². The first kappa shape index (κ1) is 22.7. The van der Waals surface area contributed by atoms with Gasteiger partial charge in [-0.3, -0.25) is 14.6 Å². The molecule has 0 saturated heterocycles. The number of hydroxylamine groups is 1. The van der Waals surface area contributed by atoms with E-state index in [1.807, 2.05) is 6.92 Å². The summed E-state index contributed by atoms with van der Waals surface area (Å²) in [6.45, 7) is 1.84. The van der Waals surface area contributed by atoms with Crippen LogP contribution in [0.5, 0.6) is 11.5 Å². The van der Waals surface area contributed by atoms with E-state index in [1.165, 1.54) is 32.4 Å². The second-order valence-corrected chi connectivity index (χ2v) is 8.78. The number of rotatable bonds is 7. The molecule has 0 bridgehead atoms.